The van der Waals surface area contributed by atoms with Crippen molar-refractivity contribution in [1.82, 2.24) is 10.3 Å². The lowest BCUT2D eigenvalue weighted by Crippen LogP contribution is -2.43. The monoisotopic (exact) mass is 465 g/mol. The molecule has 0 atom stereocenters. The van der Waals surface area contributed by atoms with Gasteiger partial charge in [0.05, 0.1) is 18.8 Å². The second-order valence-corrected chi connectivity index (χ2v) is 8.99. The van der Waals surface area contributed by atoms with Gasteiger partial charge in [0.1, 0.15) is 17.0 Å². The Bertz CT molecular complexity index is 1120. The zero-order valence-corrected chi connectivity index (χ0v) is 20.1. The lowest BCUT2D eigenvalue weighted by molar-refractivity contribution is 0.100. The number of oxazole rings is 1. The first-order valence-corrected chi connectivity index (χ1v) is 11.9. The summed E-state index contributed by atoms with van der Waals surface area (Å²) in [5.41, 5.74) is 7.77. The molecule has 1 radical (unpaired) electrons. The fourth-order valence-electron chi connectivity index (χ4n) is 4.18. The maximum atomic E-state index is 11.9. The first-order chi connectivity index (χ1) is 16.4. The summed E-state index contributed by atoms with van der Waals surface area (Å²) in [4.78, 5) is 18.8. The van der Waals surface area contributed by atoms with Crippen molar-refractivity contribution >= 4 is 23.0 Å². The van der Waals surface area contributed by atoms with E-state index in [1.54, 1.807) is 12.1 Å². The molecule has 0 saturated carbocycles. The highest BCUT2D eigenvalue weighted by molar-refractivity contribution is 6.03. The molecule has 2 heterocycles. The molecule has 1 fully saturated rings. The van der Waals surface area contributed by atoms with Gasteiger partial charge in [-0.3, -0.25) is 4.79 Å². The third-order valence-electron chi connectivity index (χ3n) is 5.77. The van der Waals surface area contributed by atoms with Crippen molar-refractivity contribution in [3.63, 3.8) is 0 Å². The number of benzene rings is 2. The van der Waals surface area contributed by atoms with Crippen LogP contribution in [-0.2, 0) is 6.54 Å². The van der Waals surface area contributed by atoms with Gasteiger partial charge in [-0.1, -0.05) is 13.8 Å². The second kappa shape index (κ2) is 10.8. The van der Waals surface area contributed by atoms with Crippen LogP contribution in [0.15, 0.2) is 34.7 Å². The van der Waals surface area contributed by atoms with Gasteiger partial charge < -0.3 is 29.8 Å². The molecule has 1 aliphatic heterocycles. The van der Waals surface area contributed by atoms with Gasteiger partial charge in [-0.25, -0.2) is 0 Å². The second-order valence-electron chi connectivity index (χ2n) is 8.99. The normalized spacial score (nSPS) is 14.5. The SMILES string of the molecule is CCOc1cc(CN(c2nc3c(C(N)=O)[c]ccc3o2)C2CCNCC2)cc(OCC(C)C)c1. The predicted octanol–water partition coefficient (Wildman–Crippen LogP) is 3.92. The number of primary amides is 1. The van der Waals surface area contributed by atoms with Gasteiger partial charge in [-0.2, -0.15) is 4.98 Å². The molecular formula is C26H33N4O4. The van der Waals surface area contributed by atoms with Crippen LogP contribution in [0, 0.1) is 12.0 Å². The number of hydrogen-bond donors (Lipinski definition) is 2. The summed E-state index contributed by atoms with van der Waals surface area (Å²) in [6.07, 6.45) is 1.91. The van der Waals surface area contributed by atoms with Crippen molar-refractivity contribution in [2.45, 2.75) is 46.2 Å². The Morgan fingerprint density at radius 3 is 2.68 bits per heavy atom. The van der Waals surface area contributed by atoms with Crippen molar-refractivity contribution in [1.29, 1.82) is 0 Å². The first kappa shape index (κ1) is 23.9. The average molecular weight is 466 g/mol. The Kier molecular flexibility index (Phi) is 7.57. The van der Waals surface area contributed by atoms with Gasteiger partial charge in [0.15, 0.2) is 5.58 Å². The van der Waals surface area contributed by atoms with Crippen molar-refractivity contribution < 1.29 is 18.7 Å². The number of hydrogen-bond acceptors (Lipinski definition) is 7. The first-order valence-electron chi connectivity index (χ1n) is 11.9. The summed E-state index contributed by atoms with van der Waals surface area (Å²) in [5, 5.41) is 3.41. The molecule has 1 aliphatic rings. The van der Waals surface area contributed by atoms with Crippen LogP contribution < -0.4 is 25.4 Å². The van der Waals surface area contributed by atoms with Crippen molar-refractivity contribution in [2.24, 2.45) is 11.7 Å². The van der Waals surface area contributed by atoms with Gasteiger partial charge in [0.2, 0.25) is 0 Å². The number of amides is 1. The molecule has 3 aromatic rings. The van der Waals surface area contributed by atoms with E-state index in [4.69, 9.17) is 24.6 Å². The topological polar surface area (TPSA) is 103 Å². The number of nitrogens with two attached hydrogens (primary N) is 1. The summed E-state index contributed by atoms with van der Waals surface area (Å²) in [6, 6.07) is 13.0. The number of aromatic nitrogens is 1. The minimum atomic E-state index is -0.574. The molecule has 181 valence electrons. The Morgan fingerprint density at radius 1 is 1.26 bits per heavy atom. The highest BCUT2D eigenvalue weighted by Gasteiger charge is 2.27. The number of fused-ring (bicyclic) bond motifs is 1. The van der Waals surface area contributed by atoms with Gasteiger partial charge in [0, 0.05) is 18.7 Å². The molecule has 1 amide bonds. The maximum absolute atomic E-state index is 11.9. The van der Waals surface area contributed by atoms with Gasteiger partial charge >= 0.3 is 0 Å². The van der Waals surface area contributed by atoms with Crippen LogP contribution in [0.4, 0.5) is 6.01 Å². The van der Waals surface area contributed by atoms with Crippen LogP contribution in [0.3, 0.4) is 0 Å². The Balaban J connectivity index is 1.70. The number of rotatable bonds is 10. The summed E-state index contributed by atoms with van der Waals surface area (Å²) < 4.78 is 18.0. The third kappa shape index (κ3) is 5.62. The fraction of sp³-hybridized carbons (Fsp3) is 0.462. The van der Waals surface area contributed by atoms with E-state index in [9.17, 15) is 4.79 Å². The molecule has 1 saturated heterocycles. The van der Waals surface area contributed by atoms with E-state index in [-0.39, 0.29) is 11.6 Å². The number of nitrogens with one attached hydrogen (secondary N) is 1. The lowest BCUT2D eigenvalue weighted by atomic mass is 10.0. The Hall–Kier alpha value is -3.26. The van der Waals surface area contributed by atoms with Crippen LogP contribution in [0.2, 0.25) is 0 Å². The number of piperidine rings is 1. The molecule has 8 heteroatoms. The molecule has 0 unspecified atom stereocenters. The smallest absolute Gasteiger partial charge is 0.298 e. The molecule has 1 aromatic heterocycles. The van der Waals surface area contributed by atoms with E-state index in [1.807, 2.05) is 25.1 Å². The quantitative estimate of drug-likeness (QED) is 0.468. The van der Waals surface area contributed by atoms with E-state index in [1.165, 1.54) is 0 Å². The molecule has 0 aliphatic carbocycles. The molecular weight excluding hydrogens is 432 g/mol. The van der Waals surface area contributed by atoms with Crippen LogP contribution >= 0.6 is 0 Å². The molecule has 2 aromatic carbocycles. The Morgan fingerprint density at radius 2 is 2.00 bits per heavy atom. The molecule has 8 nitrogen and oxygen atoms in total. The van der Waals surface area contributed by atoms with Gasteiger partial charge in [0.25, 0.3) is 11.9 Å². The van der Waals surface area contributed by atoms with Crippen molar-refractivity contribution in [3.05, 3.63) is 47.5 Å². The molecule has 0 spiro atoms. The largest absolute Gasteiger partial charge is 0.494 e. The molecule has 3 N–H and O–H groups in total. The number of carbonyl (C=O) groups excluding carboxylic acids is 1. The third-order valence-corrected chi connectivity index (χ3v) is 5.77. The molecule has 34 heavy (non-hydrogen) atoms. The standard InChI is InChI=1S/C26H33N4O4/c1-4-32-20-12-18(13-21(14-20)33-16-17(2)3)15-30(19-8-10-28-11-9-19)26-29-24-22(25(27)31)6-5-7-23(24)34-26/h5,7,12-14,17,19,28H,4,8-11,15-16H2,1-3H3,(H2,27,31). The zero-order chi connectivity index (χ0) is 24.1. The van der Waals surface area contributed by atoms with Crippen molar-refractivity contribution in [3.8, 4) is 11.5 Å². The minimum Gasteiger partial charge on any atom is -0.494 e. The van der Waals surface area contributed by atoms with Crippen LogP contribution in [0.5, 0.6) is 11.5 Å². The molecule has 4 rings (SSSR count). The summed E-state index contributed by atoms with van der Waals surface area (Å²) in [5.74, 6) is 1.40. The number of nitrogens with zero attached hydrogens (tertiary/aromatic N) is 2. The van der Waals surface area contributed by atoms with E-state index in [0.29, 0.717) is 42.8 Å². The van der Waals surface area contributed by atoms with E-state index >= 15 is 0 Å². The van der Waals surface area contributed by atoms with E-state index in [2.05, 4.69) is 30.1 Å². The number of carbonyl (C=O) groups is 1. The van der Waals surface area contributed by atoms with Crippen LogP contribution in [0.25, 0.3) is 11.1 Å². The van der Waals surface area contributed by atoms with Gasteiger partial charge in [-0.15, -0.1) is 0 Å². The molecule has 0 bridgehead atoms. The lowest BCUT2D eigenvalue weighted by Gasteiger charge is -2.33. The maximum Gasteiger partial charge on any atom is 0.298 e. The summed E-state index contributed by atoms with van der Waals surface area (Å²) >= 11 is 0. The summed E-state index contributed by atoms with van der Waals surface area (Å²) in [6.45, 7) is 9.81. The van der Waals surface area contributed by atoms with Crippen molar-refractivity contribution in [2.75, 3.05) is 31.2 Å². The minimum absolute atomic E-state index is 0.228. The van der Waals surface area contributed by atoms with E-state index in [0.717, 1.165) is 43.0 Å². The van der Waals surface area contributed by atoms with Gasteiger partial charge in [-0.05, 0) is 74.7 Å². The summed E-state index contributed by atoms with van der Waals surface area (Å²) in [7, 11) is 0. The van der Waals surface area contributed by atoms with E-state index < -0.39 is 5.91 Å². The zero-order valence-electron chi connectivity index (χ0n) is 20.1. The average Bonchev–Trinajstić information content (AvgIpc) is 3.26. The predicted molar refractivity (Wildman–Crippen MR) is 131 cm³/mol. The van der Waals surface area contributed by atoms with Crippen LogP contribution in [0.1, 0.15) is 49.5 Å². The highest BCUT2D eigenvalue weighted by atomic mass is 16.5. The highest BCUT2D eigenvalue weighted by Crippen LogP contribution is 2.31. The Labute approximate surface area is 200 Å². The number of anilines is 1. The number of ether oxygens (including phenoxy) is 2. The fourth-order valence-corrected chi connectivity index (χ4v) is 4.18. The van der Waals surface area contributed by atoms with Crippen LogP contribution in [-0.4, -0.2) is 43.2 Å².